The summed E-state index contributed by atoms with van der Waals surface area (Å²) in [6, 6.07) is 12.3. The summed E-state index contributed by atoms with van der Waals surface area (Å²) >= 11 is 3.40. The van der Waals surface area contributed by atoms with Crippen molar-refractivity contribution in [1.82, 2.24) is 0 Å². The molecule has 1 heterocycles. The number of hydrogen-bond acceptors (Lipinski definition) is 4. The summed E-state index contributed by atoms with van der Waals surface area (Å²) in [5, 5.41) is 2.79. The molecule has 6 heteroatoms. The zero-order valence-corrected chi connectivity index (χ0v) is 15.3. The van der Waals surface area contributed by atoms with Gasteiger partial charge in [-0.05, 0) is 48.9 Å². The monoisotopic (exact) mass is 400 g/mol. The molecule has 25 heavy (non-hydrogen) atoms. The maximum absolute atomic E-state index is 12.1. The van der Waals surface area contributed by atoms with Gasteiger partial charge in [0.15, 0.2) is 0 Å². The highest BCUT2D eigenvalue weighted by Gasteiger charge is 2.26. The van der Waals surface area contributed by atoms with Crippen molar-refractivity contribution < 1.29 is 14.3 Å². The number of carbonyl (C=O) groups is 2. The lowest BCUT2D eigenvalue weighted by Gasteiger charge is -2.04. The van der Waals surface area contributed by atoms with Crippen LogP contribution < -0.4 is 5.32 Å². The standard InChI is InChI=1S/C19H17BrN2O3/c1-2-3-10-25-19(24)12-4-7-14(8-5-12)21-17-15-11-13(20)6-9-16(15)22-18(17)23/h4-9,11H,2-3,10H2,1H3,(H,21,22,23). The van der Waals surface area contributed by atoms with Gasteiger partial charge in [0.2, 0.25) is 0 Å². The highest BCUT2D eigenvalue weighted by atomic mass is 79.9. The molecule has 0 saturated carbocycles. The molecule has 0 aromatic heterocycles. The molecular formula is C19H17BrN2O3. The van der Waals surface area contributed by atoms with Crippen molar-refractivity contribution in [3.63, 3.8) is 0 Å². The first-order chi connectivity index (χ1) is 12.1. The maximum atomic E-state index is 12.1. The van der Waals surface area contributed by atoms with Crippen LogP contribution in [0.5, 0.6) is 0 Å². The van der Waals surface area contributed by atoms with Crippen molar-refractivity contribution >= 4 is 44.9 Å². The van der Waals surface area contributed by atoms with Gasteiger partial charge in [0.25, 0.3) is 5.91 Å². The predicted octanol–water partition coefficient (Wildman–Crippen LogP) is 4.48. The van der Waals surface area contributed by atoms with Gasteiger partial charge in [0.1, 0.15) is 5.71 Å². The van der Waals surface area contributed by atoms with Crippen LogP contribution in [0.2, 0.25) is 0 Å². The molecule has 0 spiro atoms. The highest BCUT2D eigenvalue weighted by Crippen LogP contribution is 2.28. The maximum Gasteiger partial charge on any atom is 0.338 e. The number of fused-ring (bicyclic) bond motifs is 1. The summed E-state index contributed by atoms with van der Waals surface area (Å²) in [6.45, 7) is 2.46. The fraction of sp³-hybridized carbons (Fsp3) is 0.211. The van der Waals surface area contributed by atoms with Gasteiger partial charge in [-0.2, -0.15) is 0 Å². The van der Waals surface area contributed by atoms with E-state index in [1.165, 1.54) is 0 Å². The van der Waals surface area contributed by atoms with Crippen LogP contribution in [-0.4, -0.2) is 24.2 Å². The number of unbranched alkanes of at least 4 members (excludes halogenated alkanes) is 1. The van der Waals surface area contributed by atoms with E-state index in [-0.39, 0.29) is 11.9 Å². The number of rotatable bonds is 5. The van der Waals surface area contributed by atoms with E-state index in [0.717, 1.165) is 28.6 Å². The largest absolute Gasteiger partial charge is 0.462 e. The first-order valence-electron chi connectivity index (χ1n) is 8.05. The van der Waals surface area contributed by atoms with Gasteiger partial charge in [0, 0.05) is 10.0 Å². The molecule has 1 amide bonds. The number of hydrogen-bond donors (Lipinski definition) is 1. The number of amides is 1. The third-order valence-electron chi connectivity index (χ3n) is 3.77. The van der Waals surface area contributed by atoms with Crippen LogP contribution in [-0.2, 0) is 9.53 Å². The Morgan fingerprint density at radius 1 is 1.20 bits per heavy atom. The van der Waals surface area contributed by atoms with Gasteiger partial charge < -0.3 is 10.1 Å². The molecule has 2 aromatic rings. The molecule has 1 aliphatic rings. The Bertz CT molecular complexity index is 844. The summed E-state index contributed by atoms with van der Waals surface area (Å²) in [7, 11) is 0. The molecule has 0 saturated heterocycles. The van der Waals surface area contributed by atoms with Crippen molar-refractivity contribution in [2.45, 2.75) is 19.8 Å². The van der Waals surface area contributed by atoms with E-state index >= 15 is 0 Å². The number of nitrogens with one attached hydrogen (secondary N) is 1. The molecule has 0 unspecified atom stereocenters. The number of aliphatic imine (C=N–C) groups is 1. The lowest BCUT2D eigenvalue weighted by atomic mass is 10.1. The van der Waals surface area contributed by atoms with E-state index in [2.05, 4.69) is 26.2 Å². The number of carbonyl (C=O) groups excluding carboxylic acids is 2. The summed E-state index contributed by atoms with van der Waals surface area (Å²) in [5.74, 6) is -0.586. The molecule has 2 aromatic carbocycles. The Labute approximate surface area is 154 Å². The van der Waals surface area contributed by atoms with E-state index in [1.54, 1.807) is 24.3 Å². The van der Waals surface area contributed by atoms with Crippen LogP contribution in [0.25, 0.3) is 0 Å². The molecule has 5 nitrogen and oxygen atoms in total. The minimum absolute atomic E-state index is 0.240. The molecule has 128 valence electrons. The van der Waals surface area contributed by atoms with Crippen molar-refractivity contribution in [3.05, 3.63) is 58.1 Å². The molecule has 0 radical (unpaired) electrons. The molecule has 1 N–H and O–H groups in total. The van der Waals surface area contributed by atoms with E-state index in [4.69, 9.17) is 4.74 Å². The normalized spacial score (nSPS) is 14.3. The lowest BCUT2D eigenvalue weighted by Crippen LogP contribution is -2.13. The molecule has 0 atom stereocenters. The topological polar surface area (TPSA) is 67.8 Å². The quantitative estimate of drug-likeness (QED) is 0.594. The summed E-state index contributed by atoms with van der Waals surface area (Å²) < 4.78 is 6.05. The second-order valence-corrected chi connectivity index (χ2v) is 6.56. The average molecular weight is 401 g/mol. The van der Waals surface area contributed by atoms with Gasteiger partial charge in [-0.25, -0.2) is 9.79 Å². The van der Waals surface area contributed by atoms with E-state index < -0.39 is 0 Å². The fourth-order valence-corrected chi connectivity index (χ4v) is 2.79. The van der Waals surface area contributed by atoms with Crippen LogP contribution in [0.3, 0.4) is 0 Å². The predicted molar refractivity (Wildman–Crippen MR) is 101 cm³/mol. The Morgan fingerprint density at radius 3 is 2.68 bits per heavy atom. The minimum Gasteiger partial charge on any atom is -0.462 e. The Hall–Kier alpha value is -2.47. The summed E-state index contributed by atoms with van der Waals surface area (Å²) in [6.07, 6.45) is 1.82. The Balaban J connectivity index is 1.80. The first-order valence-corrected chi connectivity index (χ1v) is 8.85. The number of ether oxygens (including phenoxy) is 1. The number of halogens is 1. The van der Waals surface area contributed by atoms with E-state index in [1.807, 2.05) is 25.1 Å². The van der Waals surface area contributed by atoms with Crippen LogP contribution in [0.1, 0.15) is 35.7 Å². The summed E-state index contributed by atoms with van der Waals surface area (Å²) in [5.41, 5.74) is 2.92. The second kappa shape index (κ2) is 7.61. The van der Waals surface area contributed by atoms with Gasteiger partial charge >= 0.3 is 5.97 Å². The van der Waals surface area contributed by atoms with Crippen molar-refractivity contribution in [2.75, 3.05) is 11.9 Å². The minimum atomic E-state index is -0.347. The molecular weight excluding hydrogens is 384 g/mol. The number of benzene rings is 2. The van der Waals surface area contributed by atoms with Gasteiger partial charge in [-0.1, -0.05) is 29.3 Å². The zero-order valence-electron chi connectivity index (χ0n) is 13.7. The lowest BCUT2D eigenvalue weighted by molar-refractivity contribution is -0.110. The highest BCUT2D eigenvalue weighted by molar-refractivity contribution is 9.10. The number of nitrogens with zero attached hydrogens (tertiary/aromatic N) is 1. The summed E-state index contributed by atoms with van der Waals surface area (Å²) in [4.78, 5) is 28.5. The second-order valence-electron chi connectivity index (χ2n) is 5.64. The van der Waals surface area contributed by atoms with Crippen molar-refractivity contribution in [3.8, 4) is 0 Å². The molecule has 0 fully saturated rings. The first kappa shape index (κ1) is 17.4. The van der Waals surface area contributed by atoms with Gasteiger partial charge in [0.05, 0.1) is 23.5 Å². The molecule has 3 rings (SSSR count). The SMILES string of the molecule is CCCCOC(=O)c1ccc(N=C2C(=O)Nc3ccc(Br)cc32)cc1. The zero-order chi connectivity index (χ0) is 17.8. The van der Waals surface area contributed by atoms with Crippen LogP contribution in [0.15, 0.2) is 51.9 Å². The van der Waals surface area contributed by atoms with Crippen LogP contribution >= 0.6 is 15.9 Å². The van der Waals surface area contributed by atoms with E-state index in [9.17, 15) is 9.59 Å². The Kier molecular flexibility index (Phi) is 5.28. The third-order valence-corrected chi connectivity index (χ3v) is 4.27. The smallest absolute Gasteiger partial charge is 0.338 e. The van der Waals surface area contributed by atoms with E-state index in [0.29, 0.717) is 23.6 Å². The third kappa shape index (κ3) is 3.96. The fourth-order valence-electron chi connectivity index (χ4n) is 2.43. The number of esters is 1. The van der Waals surface area contributed by atoms with Crippen molar-refractivity contribution in [1.29, 1.82) is 0 Å². The van der Waals surface area contributed by atoms with Gasteiger partial charge in [-0.15, -0.1) is 0 Å². The van der Waals surface area contributed by atoms with Gasteiger partial charge in [-0.3, -0.25) is 4.79 Å². The Morgan fingerprint density at radius 2 is 1.96 bits per heavy atom. The molecule has 0 bridgehead atoms. The average Bonchev–Trinajstić information content (AvgIpc) is 2.91. The van der Waals surface area contributed by atoms with Crippen LogP contribution in [0.4, 0.5) is 11.4 Å². The number of anilines is 1. The van der Waals surface area contributed by atoms with Crippen molar-refractivity contribution in [2.24, 2.45) is 4.99 Å². The molecule has 0 aliphatic carbocycles. The van der Waals surface area contributed by atoms with Crippen LogP contribution in [0, 0.1) is 0 Å². The molecule has 1 aliphatic heterocycles.